The largest absolute Gasteiger partial charge is 0.344 e. The van der Waals surface area contributed by atoms with Crippen LogP contribution < -0.4 is 12.3 Å². The van der Waals surface area contributed by atoms with E-state index in [4.69, 9.17) is 0 Å². The van der Waals surface area contributed by atoms with Crippen molar-refractivity contribution in [3.05, 3.63) is 36.4 Å². The van der Waals surface area contributed by atoms with Gasteiger partial charge in [-0.15, -0.1) is 0 Å². The lowest BCUT2D eigenvalue weighted by Gasteiger charge is -2.18. The maximum absolute atomic E-state index is 11.8. The maximum atomic E-state index is 11.8. The molecule has 0 bridgehead atoms. The first-order chi connectivity index (χ1) is 11.2. The van der Waals surface area contributed by atoms with Gasteiger partial charge in [-0.05, 0) is 17.9 Å². The van der Waals surface area contributed by atoms with Gasteiger partial charge in [-0.2, -0.15) is 25.3 Å². The van der Waals surface area contributed by atoms with Gasteiger partial charge in [-0.1, -0.05) is 30.8 Å². The Balaban J connectivity index is 0.00000338. The molecule has 0 unspecified atom stereocenters. The fourth-order valence-corrected chi connectivity index (χ4v) is 6.20. The monoisotopic (exact) mass is 442 g/mol. The average Bonchev–Trinajstić information content (AvgIpc) is 2.41. The first-order valence-electron chi connectivity index (χ1n) is 6.34. The third-order valence-corrected chi connectivity index (χ3v) is 6.33. The van der Waals surface area contributed by atoms with Crippen molar-refractivity contribution in [2.75, 3.05) is 0 Å². The average molecular weight is 442 g/mol. The summed E-state index contributed by atoms with van der Waals surface area (Å²) in [7, 11) is -16.2. The fraction of sp³-hybridized carbons (Fsp3) is 0.0769. The van der Waals surface area contributed by atoms with Crippen LogP contribution in [0.4, 0.5) is 0 Å². The Bertz CT molecular complexity index is 1230. The molecule has 0 aliphatic rings. The summed E-state index contributed by atoms with van der Waals surface area (Å²) < 4.78 is 99.0. The molecule has 9 N–H and O–H groups in total. The zero-order valence-corrected chi connectivity index (χ0v) is 16.4. The molecule has 2 rings (SSSR count). The molecule has 0 aliphatic heterocycles. The van der Waals surface area contributed by atoms with Crippen LogP contribution in [-0.2, 0) is 30.4 Å². The van der Waals surface area contributed by atoms with Crippen LogP contribution in [0.1, 0.15) is 12.5 Å². The van der Waals surface area contributed by atoms with E-state index >= 15 is 0 Å². The Morgan fingerprint density at radius 1 is 0.741 bits per heavy atom. The SMILES string of the molecule is C=C(C)c1c(S(=O)(=O)O)c(S(=O)(=O)O)c(S(=O)(=O)O)c2ccccc12.N.N. The Hall–Kier alpha value is -1.91. The number of fused-ring (bicyclic) bond motifs is 1. The van der Waals surface area contributed by atoms with Crippen molar-refractivity contribution in [2.24, 2.45) is 0 Å². The minimum absolute atomic E-state index is 0. The summed E-state index contributed by atoms with van der Waals surface area (Å²) in [5, 5.41) is -0.481. The molecule has 0 heterocycles. The number of rotatable bonds is 4. The van der Waals surface area contributed by atoms with Gasteiger partial charge in [0.25, 0.3) is 30.4 Å². The second-order valence-electron chi connectivity index (χ2n) is 5.11. The molecule has 0 aliphatic carbocycles. The quantitative estimate of drug-likeness (QED) is 0.429. The summed E-state index contributed by atoms with van der Waals surface area (Å²) in [5.41, 5.74) is -0.436. The molecule has 0 saturated carbocycles. The van der Waals surface area contributed by atoms with E-state index in [1.807, 2.05) is 0 Å². The molecule has 0 atom stereocenters. The van der Waals surface area contributed by atoms with Crippen LogP contribution in [0, 0.1) is 0 Å². The second-order valence-corrected chi connectivity index (χ2v) is 9.19. The Labute approximate surface area is 156 Å². The normalized spacial score (nSPS) is 12.1. The van der Waals surface area contributed by atoms with Crippen LogP contribution in [0.2, 0.25) is 0 Å². The zero-order valence-electron chi connectivity index (χ0n) is 13.9. The van der Waals surface area contributed by atoms with E-state index in [0.717, 1.165) is 6.07 Å². The lowest BCUT2D eigenvalue weighted by molar-refractivity contribution is 0.457. The van der Waals surface area contributed by atoms with E-state index in [0.29, 0.717) is 0 Å². The van der Waals surface area contributed by atoms with E-state index in [9.17, 15) is 38.9 Å². The molecule has 2 aromatic rings. The van der Waals surface area contributed by atoms with Crippen molar-refractivity contribution < 1.29 is 38.9 Å². The molecule has 11 nitrogen and oxygen atoms in total. The van der Waals surface area contributed by atoms with Gasteiger partial charge in [0.15, 0.2) is 0 Å². The van der Waals surface area contributed by atoms with Gasteiger partial charge in [-0.3, -0.25) is 13.7 Å². The van der Waals surface area contributed by atoms with E-state index < -0.39 is 50.6 Å². The standard InChI is InChI=1S/C13H12O9S3.2H3N/c1-7(2)10-8-5-3-4-6-9(8)11(23(14,15)16)13(25(20,21)22)12(10)24(17,18)19;;/h3-6H,1H2,2H3,(H,14,15,16)(H,17,18,19)(H,20,21,22);2*1H3. The van der Waals surface area contributed by atoms with E-state index in [1.54, 1.807) is 0 Å². The van der Waals surface area contributed by atoms with Crippen LogP contribution in [-0.4, -0.2) is 38.9 Å². The van der Waals surface area contributed by atoms with Gasteiger partial charge in [0.05, 0.1) is 0 Å². The molecule has 14 heteroatoms. The highest BCUT2D eigenvalue weighted by Gasteiger charge is 2.37. The first-order valence-corrected chi connectivity index (χ1v) is 10.7. The minimum Gasteiger partial charge on any atom is -0.344 e. The van der Waals surface area contributed by atoms with Crippen molar-refractivity contribution in [1.29, 1.82) is 0 Å². The van der Waals surface area contributed by atoms with Crippen LogP contribution in [0.5, 0.6) is 0 Å². The van der Waals surface area contributed by atoms with Crippen molar-refractivity contribution in [3.63, 3.8) is 0 Å². The molecular weight excluding hydrogens is 424 g/mol. The van der Waals surface area contributed by atoms with Crippen molar-refractivity contribution in [3.8, 4) is 0 Å². The fourth-order valence-electron chi connectivity index (χ4n) is 2.52. The number of benzene rings is 2. The van der Waals surface area contributed by atoms with Gasteiger partial charge in [0, 0.05) is 10.9 Å². The topological polar surface area (TPSA) is 233 Å². The summed E-state index contributed by atoms with van der Waals surface area (Å²) in [6.45, 7) is 4.79. The van der Waals surface area contributed by atoms with Crippen LogP contribution in [0.25, 0.3) is 16.3 Å². The molecule has 0 spiro atoms. The van der Waals surface area contributed by atoms with Gasteiger partial charge in [-0.25, -0.2) is 0 Å². The highest BCUT2D eigenvalue weighted by Crippen LogP contribution is 2.41. The summed E-state index contributed by atoms with van der Waals surface area (Å²) in [6.07, 6.45) is 0. The maximum Gasteiger partial charge on any atom is 0.297 e. The van der Waals surface area contributed by atoms with Gasteiger partial charge in [0.1, 0.15) is 14.7 Å². The lowest BCUT2D eigenvalue weighted by atomic mass is 10.00. The predicted molar refractivity (Wildman–Crippen MR) is 98.1 cm³/mol. The molecule has 2 aromatic carbocycles. The summed E-state index contributed by atoms with van der Waals surface area (Å²) in [5.74, 6) is 0. The predicted octanol–water partition coefficient (Wildman–Crippen LogP) is 1.94. The zero-order chi connectivity index (χ0) is 19.4. The van der Waals surface area contributed by atoms with Crippen molar-refractivity contribution >= 4 is 46.7 Å². The Kier molecular flexibility index (Phi) is 7.07. The lowest BCUT2D eigenvalue weighted by Crippen LogP contribution is -2.17. The van der Waals surface area contributed by atoms with E-state index in [1.165, 1.54) is 25.1 Å². The summed E-state index contributed by atoms with van der Waals surface area (Å²) in [6, 6.07) is 5.05. The number of hydrogen-bond acceptors (Lipinski definition) is 8. The molecular formula is C13H18N2O9S3. The van der Waals surface area contributed by atoms with E-state index in [2.05, 4.69) is 6.58 Å². The summed E-state index contributed by atoms with van der Waals surface area (Å²) >= 11 is 0. The van der Waals surface area contributed by atoms with Crippen LogP contribution >= 0.6 is 0 Å². The highest BCUT2D eigenvalue weighted by atomic mass is 32.2. The van der Waals surface area contributed by atoms with Crippen LogP contribution in [0.3, 0.4) is 0 Å². The van der Waals surface area contributed by atoms with Crippen molar-refractivity contribution in [2.45, 2.75) is 21.6 Å². The van der Waals surface area contributed by atoms with Crippen molar-refractivity contribution in [1.82, 2.24) is 12.3 Å². The molecule has 0 amide bonds. The molecule has 152 valence electrons. The first kappa shape index (κ1) is 25.1. The summed E-state index contributed by atoms with van der Waals surface area (Å²) in [4.78, 5) is -4.38. The minimum atomic E-state index is -5.50. The molecule has 0 fully saturated rings. The van der Waals surface area contributed by atoms with Gasteiger partial charge >= 0.3 is 0 Å². The smallest absolute Gasteiger partial charge is 0.297 e. The molecule has 0 saturated heterocycles. The molecule has 0 aromatic heterocycles. The number of allylic oxidation sites excluding steroid dienone is 1. The Morgan fingerprint density at radius 3 is 1.44 bits per heavy atom. The second kappa shape index (κ2) is 7.61. The van der Waals surface area contributed by atoms with Gasteiger partial charge in [0.2, 0.25) is 0 Å². The third-order valence-electron chi connectivity index (χ3n) is 3.28. The third kappa shape index (κ3) is 4.50. The number of hydrogen-bond donors (Lipinski definition) is 5. The van der Waals surface area contributed by atoms with E-state index in [-0.39, 0.29) is 28.6 Å². The van der Waals surface area contributed by atoms with Crippen LogP contribution in [0.15, 0.2) is 45.5 Å². The molecule has 0 radical (unpaired) electrons. The Morgan fingerprint density at radius 2 is 1.11 bits per heavy atom. The van der Waals surface area contributed by atoms with Gasteiger partial charge < -0.3 is 12.3 Å². The molecule has 27 heavy (non-hydrogen) atoms. The highest BCUT2D eigenvalue weighted by molar-refractivity contribution is 7.90.